The maximum atomic E-state index is 5.89. The SMILES string of the molecule is CC(C)CN=C(NN)Nc1ccc(Cl)cc1I. The molecule has 94 valence electrons. The highest BCUT2D eigenvalue weighted by molar-refractivity contribution is 14.1. The summed E-state index contributed by atoms with van der Waals surface area (Å²) in [5.41, 5.74) is 3.48. The first-order valence-electron chi connectivity index (χ1n) is 5.26. The normalized spacial score (nSPS) is 11.8. The quantitative estimate of drug-likeness (QED) is 0.253. The van der Waals surface area contributed by atoms with Crippen LogP contribution in [0.15, 0.2) is 23.2 Å². The zero-order valence-electron chi connectivity index (χ0n) is 9.80. The first-order chi connectivity index (χ1) is 8.02. The Kier molecular flexibility index (Phi) is 6.01. The van der Waals surface area contributed by atoms with Crippen LogP contribution in [0, 0.1) is 9.49 Å². The van der Waals surface area contributed by atoms with Crippen molar-refractivity contribution < 1.29 is 0 Å². The summed E-state index contributed by atoms with van der Waals surface area (Å²) < 4.78 is 1.02. The van der Waals surface area contributed by atoms with Gasteiger partial charge < -0.3 is 5.32 Å². The molecule has 0 aromatic heterocycles. The molecule has 0 fully saturated rings. The van der Waals surface area contributed by atoms with Crippen molar-refractivity contribution in [1.82, 2.24) is 5.43 Å². The Hall–Kier alpha value is -0.530. The summed E-state index contributed by atoms with van der Waals surface area (Å²) in [6.07, 6.45) is 0. The van der Waals surface area contributed by atoms with E-state index in [4.69, 9.17) is 17.4 Å². The summed E-state index contributed by atoms with van der Waals surface area (Å²) in [6.45, 7) is 4.92. The van der Waals surface area contributed by atoms with E-state index in [0.717, 1.165) is 15.8 Å². The summed E-state index contributed by atoms with van der Waals surface area (Å²) in [5.74, 6) is 6.46. The van der Waals surface area contributed by atoms with E-state index in [1.54, 1.807) is 0 Å². The molecule has 0 aliphatic rings. The number of anilines is 1. The molecule has 1 rings (SSSR count). The molecule has 0 aliphatic heterocycles. The molecule has 0 spiro atoms. The number of aliphatic imine (C=N–C) groups is 1. The van der Waals surface area contributed by atoms with E-state index < -0.39 is 0 Å². The second-order valence-electron chi connectivity index (χ2n) is 3.98. The minimum atomic E-state index is 0.490. The van der Waals surface area contributed by atoms with Gasteiger partial charge in [0.2, 0.25) is 5.96 Å². The van der Waals surface area contributed by atoms with Crippen LogP contribution in [0.3, 0.4) is 0 Å². The maximum Gasteiger partial charge on any atom is 0.210 e. The summed E-state index contributed by atoms with van der Waals surface area (Å²) in [6, 6.07) is 5.59. The molecule has 0 radical (unpaired) electrons. The largest absolute Gasteiger partial charge is 0.324 e. The van der Waals surface area contributed by atoms with Gasteiger partial charge in [0.25, 0.3) is 0 Å². The van der Waals surface area contributed by atoms with Gasteiger partial charge in [0.05, 0.1) is 5.69 Å². The third kappa shape index (κ3) is 5.10. The van der Waals surface area contributed by atoms with E-state index in [2.05, 4.69) is 52.2 Å². The van der Waals surface area contributed by atoms with Gasteiger partial charge in [0, 0.05) is 15.1 Å². The Balaban J connectivity index is 2.77. The van der Waals surface area contributed by atoms with Gasteiger partial charge >= 0.3 is 0 Å². The summed E-state index contributed by atoms with van der Waals surface area (Å²) in [4.78, 5) is 4.33. The second-order valence-corrected chi connectivity index (χ2v) is 5.58. The minimum Gasteiger partial charge on any atom is -0.324 e. The minimum absolute atomic E-state index is 0.490. The van der Waals surface area contributed by atoms with Crippen LogP contribution in [0.1, 0.15) is 13.8 Å². The molecule has 0 amide bonds. The van der Waals surface area contributed by atoms with Crippen molar-refractivity contribution in [2.24, 2.45) is 16.8 Å². The first-order valence-corrected chi connectivity index (χ1v) is 6.71. The summed E-state index contributed by atoms with van der Waals surface area (Å²) in [5, 5.41) is 3.84. The molecule has 17 heavy (non-hydrogen) atoms. The van der Waals surface area contributed by atoms with Crippen LogP contribution in [0.5, 0.6) is 0 Å². The van der Waals surface area contributed by atoms with Crippen molar-refractivity contribution in [3.05, 3.63) is 26.8 Å². The highest BCUT2D eigenvalue weighted by Gasteiger charge is 2.03. The molecular formula is C11H16ClIN4. The van der Waals surface area contributed by atoms with Crippen LogP contribution >= 0.6 is 34.2 Å². The molecule has 0 atom stereocenters. The van der Waals surface area contributed by atoms with Gasteiger partial charge in [-0.1, -0.05) is 25.4 Å². The summed E-state index contributed by atoms with van der Waals surface area (Å²) in [7, 11) is 0. The number of rotatable bonds is 3. The lowest BCUT2D eigenvalue weighted by atomic mass is 10.2. The van der Waals surface area contributed by atoms with Crippen LogP contribution in [-0.4, -0.2) is 12.5 Å². The van der Waals surface area contributed by atoms with Crippen LogP contribution in [0.25, 0.3) is 0 Å². The van der Waals surface area contributed by atoms with Gasteiger partial charge in [0.1, 0.15) is 0 Å². The Labute approximate surface area is 120 Å². The van der Waals surface area contributed by atoms with Gasteiger partial charge in [-0.2, -0.15) is 0 Å². The van der Waals surface area contributed by atoms with Gasteiger partial charge in [-0.25, -0.2) is 5.84 Å². The van der Waals surface area contributed by atoms with Crippen molar-refractivity contribution in [3.63, 3.8) is 0 Å². The number of guanidine groups is 1. The molecule has 0 aliphatic carbocycles. The van der Waals surface area contributed by atoms with Gasteiger partial charge in [0.15, 0.2) is 0 Å². The van der Waals surface area contributed by atoms with E-state index in [9.17, 15) is 0 Å². The Morgan fingerprint density at radius 1 is 1.53 bits per heavy atom. The lowest BCUT2D eigenvalue weighted by Gasteiger charge is -2.11. The Morgan fingerprint density at radius 2 is 2.24 bits per heavy atom. The fraction of sp³-hybridized carbons (Fsp3) is 0.364. The third-order valence-electron chi connectivity index (χ3n) is 1.94. The molecule has 6 heteroatoms. The number of nitrogens with one attached hydrogen (secondary N) is 2. The topological polar surface area (TPSA) is 62.4 Å². The predicted octanol–water partition coefficient (Wildman–Crippen LogP) is 2.83. The average Bonchev–Trinajstić information content (AvgIpc) is 2.26. The predicted molar refractivity (Wildman–Crippen MR) is 82.3 cm³/mol. The Morgan fingerprint density at radius 3 is 2.76 bits per heavy atom. The van der Waals surface area contributed by atoms with E-state index in [-0.39, 0.29) is 0 Å². The van der Waals surface area contributed by atoms with Crippen LogP contribution in [0.4, 0.5) is 5.69 Å². The smallest absolute Gasteiger partial charge is 0.210 e. The van der Waals surface area contributed by atoms with Gasteiger partial charge in [-0.05, 0) is 46.7 Å². The van der Waals surface area contributed by atoms with Gasteiger partial charge in [-0.15, -0.1) is 0 Å². The molecule has 0 bridgehead atoms. The van der Waals surface area contributed by atoms with Gasteiger partial charge in [-0.3, -0.25) is 10.4 Å². The standard InChI is InChI=1S/C11H16ClIN4/c1-7(2)6-15-11(17-14)16-10-4-3-8(12)5-9(10)13/h3-5,7H,6,14H2,1-2H3,(H2,15,16,17). The van der Waals surface area contributed by atoms with E-state index in [1.807, 2.05) is 18.2 Å². The molecule has 1 aromatic rings. The van der Waals surface area contributed by atoms with Crippen molar-refractivity contribution >= 4 is 45.8 Å². The van der Waals surface area contributed by atoms with E-state index in [0.29, 0.717) is 16.9 Å². The number of hydrogen-bond acceptors (Lipinski definition) is 2. The maximum absolute atomic E-state index is 5.89. The lowest BCUT2D eigenvalue weighted by molar-refractivity contribution is 0.663. The molecule has 0 unspecified atom stereocenters. The highest BCUT2D eigenvalue weighted by atomic mass is 127. The zero-order chi connectivity index (χ0) is 12.8. The Bertz CT molecular complexity index is 406. The zero-order valence-corrected chi connectivity index (χ0v) is 12.7. The first kappa shape index (κ1) is 14.5. The molecule has 4 nitrogen and oxygen atoms in total. The number of hydrazine groups is 1. The van der Waals surface area contributed by atoms with Crippen molar-refractivity contribution in [2.45, 2.75) is 13.8 Å². The molecular weight excluding hydrogens is 351 g/mol. The molecule has 0 heterocycles. The fourth-order valence-corrected chi connectivity index (χ4v) is 2.12. The second kappa shape index (κ2) is 7.03. The van der Waals surface area contributed by atoms with Crippen molar-refractivity contribution in [3.8, 4) is 0 Å². The van der Waals surface area contributed by atoms with Crippen LogP contribution in [-0.2, 0) is 0 Å². The molecule has 1 aromatic carbocycles. The van der Waals surface area contributed by atoms with Crippen LogP contribution in [0.2, 0.25) is 5.02 Å². The molecule has 0 saturated carbocycles. The number of nitrogens with zero attached hydrogens (tertiary/aromatic N) is 1. The molecule has 4 N–H and O–H groups in total. The number of halogens is 2. The van der Waals surface area contributed by atoms with Crippen molar-refractivity contribution in [1.29, 1.82) is 0 Å². The highest BCUT2D eigenvalue weighted by Crippen LogP contribution is 2.22. The fourth-order valence-electron chi connectivity index (χ4n) is 1.11. The van der Waals surface area contributed by atoms with E-state index >= 15 is 0 Å². The third-order valence-corrected chi connectivity index (χ3v) is 3.06. The number of benzene rings is 1. The lowest BCUT2D eigenvalue weighted by Crippen LogP contribution is -2.36. The summed E-state index contributed by atoms with van der Waals surface area (Å²) >= 11 is 8.09. The monoisotopic (exact) mass is 366 g/mol. The van der Waals surface area contributed by atoms with Crippen molar-refractivity contribution in [2.75, 3.05) is 11.9 Å². The number of nitrogens with two attached hydrogens (primary N) is 1. The molecule has 0 saturated heterocycles. The number of hydrogen-bond donors (Lipinski definition) is 3. The average molecular weight is 367 g/mol. The van der Waals surface area contributed by atoms with Crippen LogP contribution < -0.4 is 16.6 Å². The van der Waals surface area contributed by atoms with E-state index in [1.165, 1.54) is 0 Å².